The van der Waals surface area contributed by atoms with Crippen LogP contribution in [0.3, 0.4) is 0 Å². The van der Waals surface area contributed by atoms with Gasteiger partial charge in [0, 0.05) is 24.1 Å². The van der Waals surface area contributed by atoms with Gasteiger partial charge in [0.25, 0.3) is 0 Å². The smallest absolute Gasteiger partial charge is 0.414 e. The van der Waals surface area contributed by atoms with Crippen molar-refractivity contribution in [3.8, 4) is 0 Å². The number of rotatable bonds is 9. The number of ketones is 1. The van der Waals surface area contributed by atoms with Gasteiger partial charge in [-0.3, -0.25) is 4.79 Å². The summed E-state index contributed by atoms with van der Waals surface area (Å²) >= 11 is 0. The predicted molar refractivity (Wildman–Crippen MR) is 141 cm³/mol. The average molecular weight is 525 g/mol. The lowest BCUT2D eigenvalue weighted by Crippen LogP contribution is -2.56. The predicted octanol–water partition coefficient (Wildman–Crippen LogP) is 4.08. The summed E-state index contributed by atoms with van der Waals surface area (Å²) in [5.41, 5.74) is -0.00859. The maximum atomic E-state index is 14.0. The molecule has 0 aromatic carbocycles. The molecule has 0 aliphatic heterocycles. The van der Waals surface area contributed by atoms with Gasteiger partial charge in [-0.05, 0) is 95.1 Å². The molecule has 3 aliphatic rings. The van der Waals surface area contributed by atoms with Crippen LogP contribution in [-0.4, -0.2) is 77.5 Å². The molecule has 37 heavy (non-hydrogen) atoms. The Morgan fingerprint density at radius 3 is 2.41 bits per heavy atom. The first-order valence-corrected chi connectivity index (χ1v) is 13.8. The number of hydrogen-bond acceptors (Lipinski definition) is 7. The summed E-state index contributed by atoms with van der Waals surface area (Å²) in [5.74, 6) is -1.48. The summed E-state index contributed by atoms with van der Waals surface area (Å²) < 4.78 is 0. The minimum atomic E-state index is -1.82. The molecule has 3 aliphatic carbocycles. The summed E-state index contributed by atoms with van der Waals surface area (Å²) in [4.78, 5) is 39.6. The Morgan fingerprint density at radius 1 is 1.14 bits per heavy atom. The molecule has 0 aromatic rings. The number of fused-ring (bicyclic) bond motifs is 3. The van der Waals surface area contributed by atoms with Crippen molar-refractivity contribution in [3.05, 3.63) is 0 Å². The highest BCUT2D eigenvalue weighted by molar-refractivity contribution is 6.27. The first-order valence-electron chi connectivity index (χ1n) is 13.8. The third-order valence-electron chi connectivity index (χ3n) is 9.43. The van der Waals surface area contributed by atoms with Crippen molar-refractivity contribution in [2.75, 3.05) is 27.2 Å². The van der Waals surface area contributed by atoms with Crippen LogP contribution in [0.2, 0.25) is 0 Å². The third-order valence-corrected chi connectivity index (χ3v) is 9.43. The van der Waals surface area contributed by atoms with E-state index in [0.29, 0.717) is 30.1 Å². The molecule has 0 bridgehead atoms. The Hall–Kier alpha value is -2.00. The van der Waals surface area contributed by atoms with E-state index in [4.69, 9.17) is 24.6 Å². The summed E-state index contributed by atoms with van der Waals surface area (Å²) in [6.07, 6.45) is 12.0. The Morgan fingerprint density at radius 2 is 1.81 bits per heavy atom. The fraction of sp³-hybridized carbons (Fsp3) is 0.857. The number of Topliss-reactive ketones (excluding diaryl/α,β-unsaturated/α-hetero) is 1. The van der Waals surface area contributed by atoms with Gasteiger partial charge in [-0.25, -0.2) is 9.59 Å². The molecule has 212 valence electrons. The second-order valence-corrected chi connectivity index (χ2v) is 12.0. The minimum Gasteiger partial charge on any atom is -0.473 e. The Kier molecular flexibility index (Phi) is 11.6. The van der Waals surface area contributed by atoms with E-state index in [0.717, 1.165) is 70.8 Å². The molecule has 0 heterocycles. The third kappa shape index (κ3) is 7.76. The van der Waals surface area contributed by atoms with Crippen molar-refractivity contribution in [3.63, 3.8) is 0 Å². The van der Waals surface area contributed by atoms with Gasteiger partial charge in [0.05, 0.1) is 6.10 Å². The number of aliphatic carboxylic acids is 2. The van der Waals surface area contributed by atoms with E-state index in [2.05, 4.69) is 30.8 Å². The quantitative estimate of drug-likeness (QED) is 0.178. The molecule has 3 fully saturated rings. The largest absolute Gasteiger partial charge is 0.473 e. The minimum absolute atomic E-state index is 0.132. The van der Waals surface area contributed by atoms with Crippen LogP contribution >= 0.6 is 0 Å². The van der Waals surface area contributed by atoms with E-state index in [1.54, 1.807) is 0 Å². The van der Waals surface area contributed by atoms with Crippen molar-refractivity contribution in [1.29, 1.82) is 0 Å². The van der Waals surface area contributed by atoms with Gasteiger partial charge in [-0.2, -0.15) is 0 Å². The molecule has 7 atom stereocenters. The van der Waals surface area contributed by atoms with Crippen LogP contribution in [0.5, 0.6) is 0 Å². The van der Waals surface area contributed by atoms with Gasteiger partial charge in [-0.15, -0.1) is 0 Å². The zero-order chi connectivity index (χ0) is 27.8. The number of hydrogen-bond donors (Lipinski definition) is 3. The van der Waals surface area contributed by atoms with Crippen LogP contribution in [0.25, 0.3) is 0 Å². The van der Waals surface area contributed by atoms with Crippen molar-refractivity contribution < 1.29 is 34.5 Å². The van der Waals surface area contributed by atoms with Crippen molar-refractivity contribution in [2.45, 2.75) is 91.1 Å². The van der Waals surface area contributed by atoms with Gasteiger partial charge < -0.3 is 25.1 Å². The zero-order valence-corrected chi connectivity index (χ0v) is 23.3. The fourth-order valence-electron chi connectivity index (χ4n) is 7.17. The highest BCUT2D eigenvalue weighted by Crippen LogP contribution is 2.61. The number of carbonyl (C=O) groups is 3. The highest BCUT2D eigenvalue weighted by atomic mass is 16.6. The topological polar surface area (TPSA) is 137 Å². The molecule has 0 spiro atoms. The first kappa shape index (κ1) is 31.2. The van der Waals surface area contributed by atoms with Gasteiger partial charge in [0.2, 0.25) is 0 Å². The van der Waals surface area contributed by atoms with Gasteiger partial charge in [0.15, 0.2) is 0 Å². The van der Waals surface area contributed by atoms with Crippen LogP contribution in [-0.2, 0) is 19.2 Å². The molecule has 9 heteroatoms. The van der Waals surface area contributed by atoms with Crippen LogP contribution < -0.4 is 0 Å². The normalized spacial score (nSPS) is 34.2. The van der Waals surface area contributed by atoms with E-state index in [1.165, 1.54) is 0 Å². The number of carboxylic acids is 2. The standard InChI is InChI=1S/C26H46N2O3.C2H2O4/c1-6-7-19(12-15-27-31-17-16-28(4)5)26(3)14-11-23-22(24(26)30)9-8-20-18-21(29)10-13-25(20,23)2;3-1(4)2(5)6/h15,19-23,29H,6-14,16-18H2,1-5H3;(H,3,4)(H,5,6)/b27-15+;/t19-,20+,21-,22+,23-,25-,26+;/m0./s1. The van der Waals surface area contributed by atoms with Crippen LogP contribution in [0.4, 0.5) is 0 Å². The SMILES string of the molecule is CCC[C@@H](C/C=N/OCCN(C)C)[C@@]1(C)CC[C@H]2[C@@H](CC[C@@H]3C[C@@H](O)CC[C@@]32C)C1=O.O=C(O)C(=O)O. The molecule has 0 unspecified atom stereocenters. The van der Waals surface area contributed by atoms with Crippen molar-refractivity contribution in [1.82, 2.24) is 4.90 Å². The van der Waals surface area contributed by atoms with Crippen LogP contribution in [0.1, 0.15) is 85.0 Å². The van der Waals surface area contributed by atoms with E-state index in [1.807, 2.05) is 20.3 Å². The lowest BCUT2D eigenvalue weighted by Gasteiger charge is -2.58. The number of carboxylic acid groups (broad SMARTS) is 2. The highest BCUT2D eigenvalue weighted by Gasteiger charge is 2.58. The molecule has 0 amide bonds. The van der Waals surface area contributed by atoms with E-state index in [-0.39, 0.29) is 22.9 Å². The lowest BCUT2D eigenvalue weighted by atomic mass is 9.45. The fourth-order valence-corrected chi connectivity index (χ4v) is 7.17. The first-order chi connectivity index (χ1) is 17.4. The molecule has 0 saturated heterocycles. The van der Waals surface area contributed by atoms with E-state index in [9.17, 15) is 9.90 Å². The number of nitrogens with zero attached hydrogens (tertiary/aromatic N) is 2. The van der Waals surface area contributed by atoms with E-state index >= 15 is 0 Å². The second-order valence-electron chi connectivity index (χ2n) is 12.0. The Labute approximate surface area is 221 Å². The second kappa shape index (κ2) is 13.7. The molecule has 3 rings (SSSR count). The van der Waals surface area contributed by atoms with E-state index < -0.39 is 11.9 Å². The molecule has 3 saturated carbocycles. The zero-order valence-electron chi connectivity index (χ0n) is 23.3. The van der Waals surface area contributed by atoms with Crippen LogP contribution in [0, 0.1) is 34.5 Å². The molecule has 9 nitrogen and oxygen atoms in total. The molecule has 0 radical (unpaired) electrons. The monoisotopic (exact) mass is 524 g/mol. The summed E-state index contributed by atoms with van der Waals surface area (Å²) in [5, 5.41) is 29.2. The molecule has 0 aromatic heterocycles. The maximum Gasteiger partial charge on any atom is 0.414 e. The number of likely N-dealkylation sites (N-methyl/N-ethyl adjacent to an activating group) is 1. The molecule has 3 N–H and O–H groups in total. The summed E-state index contributed by atoms with van der Waals surface area (Å²) in [6.45, 7) is 8.34. The summed E-state index contributed by atoms with van der Waals surface area (Å²) in [6, 6.07) is 0. The van der Waals surface area contributed by atoms with Crippen LogP contribution in [0.15, 0.2) is 5.16 Å². The van der Waals surface area contributed by atoms with Gasteiger partial charge in [-0.1, -0.05) is 32.3 Å². The Bertz CT molecular complexity index is 804. The lowest BCUT2D eigenvalue weighted by molar-refractivity contribution is -0.159. The number of aliphatic hydroxyl groups excluding tert-OH is 1. The average Bonchev–Trinajstić information content (AvgIpc) is 2.83. The number of aliphatic hydroxyl groups is 1. The molecular formula is C28H48N2O7. The number of carbonyl (C=O) groups excluding carboxylic acids is 1. The van der Waals surface area contributed by atoms with Gasteiger partial charge >= 0.3 is 11.9 Å². The van der Waals surface area contributed by atoms with Crippen molar-refractivity contribution >= 4 is 23.9 Å². The molecular weight excluding hydrogens is 476 g/mol. The number of oxime groups is 1. The van der Waals surface area contributed by atoms with Crippen molar-refractivity contribution in [2.24, 2.45) is 39.7 Å². The van der Waals surface area contributed by atoms with Gasteiger partial charge in [0.1, 0.15) is 12.4 Å². The summed E-state index contributed by atoms with van der Waals surface area (Å²) in [7, 11) is 4.05. The maximum absolute atomic E-state index is 14.0. The Balaban J connectivity index is 0.000000717.